The Hall–Kier alpha value is -4.19. The summed E-state index contributed by atoms with van der Waals surface area (Å²) >= 11 is 5.98. The van der Waals surface area contributed by atoms with Crippen LogP contribution in [0.3, 0.4) is 0 Å². The fourth-order valence-corrected chi connectivity index (χ4v) is 4.63. The van der Waals surface area contributed by atoms with Gasteiger partial charge in [0.25, 0.3) is 0 Å². The number of primary sulfonamides is 1. The number of hydrogen-bond acceptors (Lipinski definition) is 8. The highest BCUT2D eigenvalue weighted by Gasteiger charge is 2.13. The van der Waals surface area contributed by atoms with Crippen molar-refractivity contribution in [1.29, 1.82) is 0 Å². The molecule has 0 atom stereocenters. The second-order valence-corrected chi connectivity index (χ2v) is 10.6. The van der Waals surface area contributed by atoms with E-state index in [-0.39, 0.29) is 4.90 Å². The molecule has 4 N–H and O–H groups in total. The molecule has 0 aliphatic heterocycles. The lowest BCUT2D eigenvalue weighted by atomic mass is 10.2. The van der Waals surface area contributed by atoms with Gasteiger partial charge in [-0.2, -0.15) is 4.98 Å². The van der Waals surface area contributed by atoms with Gasteiger partial charge in [0.15, 0.2) is 0 Å². The smallest absolute Gasteiger partial charge is 0.238 e. The molecule has 0 saturated carbocycles. The van der Waals surface area contributed by atoms with Crippen molar-refractivity contribution in [1.82, 2.24) is 19.5 Å². The van der Waals surface area contributed by atoms with Gasteiger partial charge in [0.05, 0.1) is 15.9 Å². The maximum atomic E-state index is 11.7. The summed E-state index contributed by atoms with van der Waals surface area (Å²) in [6.45, 7) is 0.623. The van der Waals surface area contributed by atoms with Crippen molar-refractivity contribution in [3.63, 3.8) is 0 Å². The second-order valence-electron chi connectivity index (χ2n) is 8.64. The second kappa shape index (κ2) is 10.3. The third-order valence-electron chi connectivity index (χ3n) is 6.02. The molecule has 0 radical (unpaired) electrons. The van der Waals surface area contributed by atoms with E-state index in [4.69, 9.17) is 21.7 Å². The largest absolute Gasteiger partial charge is 0.352 e. The van der Waals surface area contributed by atoms with E-state index in [0.29, 0.717) is 29.0 Å². The average Bonchev–Trinajstić information content (AvgIpc) is 3.22. The Morgan fingerprint density at radius 3 is 2.58 bits per heavy atom. The van der Waals surface area contributed by atoms with Crippen molar-refractivity contribution in [3.8, 4) is 0 Å². The standard InChI is InChI=1S/C26H25ClN8O2S/c1-34(24-12-13-29-25(33-24)31-19-4-3-5-21(14-19)38(28,36)37)20-10-11-23-22(15-20)32-26(35(23)2)30-16-17-6-8-18(27)9-7-17/h3-15H,16H2,1-2H3,(H,30,32)(H2,28,36,37)(H,29,31,33). The van der Waals surface area contributed by atoms with Crippen LogP contribution < -0.4 is 20.7 Å². The monoisotopic (exact) mass is 548 g/mol. The summed E-state index contributed by atoms with van der Waals surface area (Å²) in [4.78, 5) is 15.5. The topological polar surface area (TPSA) is 131 Å². The van der Waals surface area contributed by atoms with Gasteiger partial charge in [-0.25, -0.2) is 23.5 Å². The number of fused-ring (bicyclic) bond motifs is 1. The van der Waals surface area contributed by atoms with Crippen molar-refractivity contribution >= 4 is 61.7 Å². The quantitative estimate of drug-likeness (QED) is 0.252. The zero-order chi connectivity index (χ0) is 26.9. The highest BCUT2D eigenvalue weighted by atomic mass is 35.5. The van der Waals surface area contributed by atoms with Gasteiger partial charge < -0.3 is 20.1 Å². The van der Waals surface area contributed by atoms with Crippen LogP contribution in [0.15, 0.2) is 83.9 Å². The van der Waals surface area contributed by atoms with Crippen molar-refractivity contribution in [3.05, 3.63) is 89.6 Å². The van der Waals surface area contributed by atoms with Gasteiger partial charge >= 0.3 is 0 Å². The predicted octanol–water partition coefficient (Wildman–Crippen LogP) is 4.79. The molecule has 10 nitrogen and oxygen atoms in total. The zero-order valence-corrected chi connectivity index (χ0v) is 22.2. The predicted molar refractivity (Wildman–Crippen MR) is 151 cm³/mol. The molecule has 5 rings (SSSR count). The number of aryl methyl sites for hydroxylation is 1. The average molecular weight is 549 g/mol. The first-order valence-corrected chi connectivity index (χ1v) is 13.5. The number of rotatable bonds is 8. The van der Waals surface area contributed by atoms with Crippen LogP contribution in [0.25, 0.3) is 11.0 Å². The van der Waals surface area contributed by atoms with Gasteiger partial charge in [-0.3, -0.25) is 0 Å². The molecule has 2 heterocycles. The Bertz CT molecular complexity index is 1720. The summed E-state index contributed by atoms with van der Waals surface area (Å²) in [6, 6.07) is 21.6. The molecule has 0 bridgehead atoms. The van der Waals surface area contributed by atoms with E-state index in [1.54, 1.807) is 24.4 Å². The molecule has 3 aromatic carbocycles. The number of nitrogens with two attached hydrogens (primary N) is 1. The van der Waals surface area contributed by atoms with Gasteiger partial charge in [-0.05, 0) is 60.2 Å². The summed E-state index contributed by atoms with van der Waals surface area (Å²) in [7, 11) is 0.0486. The summed E-state index contributed by atoms with van der Waals surface area (Å²) in [5.74, 6) is 1.71. The van der Waals surface area contributed by atoms with Crippen molar-refractivity contribution in [2.24, 2.45) is 12.2 Å². The lowest BCUT2D eigenvalue weighted by Gasteiger charge is -2.19. The Kier molecular flexibility index (Phi) is 6.89. The fraction of sp³-hybridized carbons (Fsp3) is 0.115. The molecule has 194 valence electrons. The van der Waals surface area contributed by atoms with Gasteiger partial charge in [-0.15, -0.1) is 0 Å². The van der Waals surface area contributed by atoms with Crippen molar-refractivity contribution < 1.29 is 8.42 Å². The molecule has 12 heteroatoms. The number of imidazole rings is 1. The molecule has 5 aromatic rings. The van der Waals surface area contributed by atoms with E-state index in [9.17, 15) is 8.42 Å². The minimum Gasteiger partial charge on any atom is -0.352 e. The number of nitrogens with zero attached hydrogens (tertiary/aromatic N) is 5. The van der Waals surface area contributed by atoms with Crippen molar-refractivity contribution in [2.75, 3.05) is 22.6 Å². The van der Waals surface area contributed by atoms with Gasteiger partial charge in [-0.1, -0.05) is 29.8 Å². The molecule has 0 fully saturated rings. The molecule has 0 spiro atoms. The van der Waals surface area contributed by atoms with E-state index >= 15 is 0 Å². The molecular weight excluding hydrogens is 524 g/mol. The number of nitrogens with one attached hydrogen (secondary N) is 2. The van der Waals surface area contributed by atoms with Crippen LogP contribution in [0, 0.1) is 0 Å². The number of sulfonamides is 1. The molecule has 0 saturated heterocycles. The van der Waals surface area contributed by atoms with Crippen LogP contribution in [0.1, 0.15) is 5.56 Å². The number of aromatic nitrogens is 4. The van der Waals surface area contributed by atoms with Gasteiger partial charge in [0.2, 0.25) is 21.9 Å². The molecule has 38 heavy (non-hydrogen) atoms. The normalized spacial score (nSPS) is 11.5. The molecule has 0 aliphatic rings. The highest BCUT2D eigenvalue weighted by Crippen LogP contribution is 2.28. The van der Waals surface area contributed by atoms with Gasteiger partial charge in [0.1, 0.15) is 5.82 Å². The van der Waals surface area contributed by atoms with E-state index < -0.39 is 10.0 Å². The maximum Gasteiger partial charge on any atom is 0.238 e. The number of benzene rings is 3. The fourth-order valence-electron chi connectivity index (χ4n) is 3.95. The van der Waals surface area contributed by atoms with Crippen LogP contribution in [-0.4, -0.2) is 35.0 Å². The van der Waals surface area contributed by atoms with E-state index in [2.05, 4.69) is 20.6 Å². The number of hydrogen-bond donors (Lipinski definition) is 3. The summed E-state index contributed by atoms with van der Waals surface area (Å²) in [5.41, 5.74) is 4.32. The Labute approximate surface area is 225 Å². The summed E-state index contributed by atoms with van der Waals surface area (Å²) in [6.07, 6.45) is 1.63. The SMILES string of the molecule is CN(c1ccc2c(c1)nc(NCc1ccc(Cl)cc1)n2C)c1ccnc(Nc2cccc(S(N)(=O)=O)c2)n1. The lowest BCUT2D eigenvalue weighted by Crippen LogP contribution is -2.13. The highest BCUT2D eigenvalue weighted by molar-refractivity contribution is 7.89. The third kappa shape index (κ3) is 5.54. The third-order valence-corrected chi connectivity index (χ3v) is 7.18. The first kappa shape index (κ1) is 25.5. The number of halogens is 1. The van der Waals surface area contributed by atoms with E-state index in [1.165, 1.54) is 12.1 Å². The Morgan fingerprint density at radius 1 is 1.03 bits per heavy atom. The van der Waals surface area contributed by atoms with Crippen LogP contribution in [0.4, 0.5) is 29.1 Å². The minimum absolute atomic E-state index is 0.00135. The summed E-state index contributed by atoms with van der Waals surface area (Å²) < 4.78 is 25.3. The lowest BCUT2D eigenvalue weighted by molar-refractivity contribution is 0.598. The summed E-state index contributed by atoms with van der Waals surface area (Å²) in [5, 5.41) is 12.4. The maximum absolute atomic E-state index is 11.7. The first-order valence-electron chi connectivity index (χ1n) is 11.6. The minimum atomic E-state index is -3.82. The zero-order valence-electron chi connectivity index (χ0n) is 20.6. The van der Waals surface area contributed by atoms with E-state index in [0.717, 1.165) is 28.2 Å². The Morgan fingerprint density at radius 2 is 1.82 bits per heavy atom. The van der Waals surface area contributed by atoms with Gasteiger partial charge in [0, 0.05) is 43.2 Å². The van der Waals surface area contributed by atoms with Crippen LogP contribution in [-0.2, 0) is 23.6 Å². The van der Waals surface area contributed by atoms with Crippen LogP contribution >= 0.6 is 11.6 Å². The molecule has 0 amide bonds. The van der Waals surface area contributed by atoms with Crippen molar-refractivity contribution in [2.45, 2.75) is 11.4 Å². The molecule has 0 unspecified atom stereocenters. The first-order chi connectivity index (χ1) is 18.2. The Balaban J connectivity index is 1.35. The molecular formula is C26H25ClN8O2S. The van der Waals surface area contributed by atoms with Crippen LogP contribution in [0.5, 0.6) is 0 Å². The number of anilines is 5. The molecule has 2 aromatic heterocycles. The van der Waals surface area contributed by atoms with Crippen LogP contribution in [0.2, 0.25) is 5.02 Å². The van der Waals surface area contributed by atoms with E-state index in [1.807, 2.05) is 66.0 Å². The molecule has 0 aliphatic carbocycles.